The fraction of sp³-hybridized carbons (Fsp3) is 0.660. The van der Waals surface area contributed by atoms with Crippen LogP contribution >= 0.6 is 0 Å². The molecule has 2 aromatic rings. The van der Waals surface area contributed by atoms with Crippen molar-refractivity contribution in [3.8, 4) is 11.8 Å². The summed E-state index contributed by atoms with van der Waals surface area (Å²) in [6, 6.07) is 20.2. The molecule has 1 fully saturated rings. The summed E-state index contributed by atoms with van der Waals surface area (Å²) in [5.41, 5.74) is 0.195. The fourth-order valence-electron chi connectivity index (χ4n) is 6.60. The van der Waals surface area contributed by atoms with E-state index in [0.717, 1.165) is 12.0 Å². The summed E-state index contributed by atoms with van der Waals surface area (Å²) in [6.07, 6.45) is 1.75. The highest BCUT2D eigenvalue weighted by molar-refractivity contribution is 6.74. The number of carbonyl (C=O) groups excluding carboxylic acids is 2. The first-order valence-corrected chi connectivity index (χ1v) is 27.4. The van der Waals surface area contributed by atoms with Gasteiger partial charge in [0.05, 0.1) is 25.2 Å². The summed E-state index contributed by atoms with van der Waals surface area (Å²) in [6.45, 7) is 29.9. The van der Waals surface area contributed by atoms with Crippen LogP contribution in [-0.2, 0) is 50.4 Å². The van der Waals surface area contributed by atoms with Gasteiger partial charge in [0, 0.05) is 6.42 Å². The molecule has 3 rings (SSSR count). The molecule has 10 heteroatoms. The number of benzene rings is 2. The van der Waals surface area contributed by atoms with Crippen LogP contribution in [0.1, 0.15) is 106 Å². The molecular weight excluding hydrogens is 749 g/mol. The molecule has 57 heavy (non-hydrogen) atoms. The third-order valence-corrected chi connectivity index (χ3v) is 16.6. The summed E-state index contributed by atoms with van der Waals surface area (Å²) >= 11 is 0. The van der Waals surface area contributed by atoms with Crippen LogP contribution in [0.25, 0.3) is 0 Å². The third-order valence-electron chi connectivity index (χ3n) is 11.2. The Morgan fingerprint density at radius 1 is 0.895 bits per heavy atom. The van der Waals surface area contributed by atoms with Crippen molar-refractivity contribution in [2.45, 2.75) is 175 Å². The molecule has 1 aliphatic heterocycles. The first-order valence-electron chi connectivity index (χ1n) is 21.1. The van der Waals surface area contributed by atoms with E-state index in [2.05, 4.69) is 98.3 Å². The average Bonchev–Trinajstić information content (AvgIpc) is 3.56. The molecule has 1 heterocycles. The SMILES string of the molecule is CCC1(CC)OC[C@H]([C@@H](OCc2ccccc2)[C@](C#CC(=O)CCC[C@@H](OC(=O)C(C)(C)C)[C@H](C)Cc2ccccc2)(CO[Si](C)(C)C(C)(C)C)O[Si](C)(C)C)O1. The lowest BCUT2D eigenvalue weighted by molar-refractivity contribution is -0.203. The summed E-state index contributed by atoms with van der Waals surface area (Å²) in [4.78, 5) is 27.0. The van der Waals surface area contributed by atoms with Crippen molar-refractivity contribution in [1.82, 2.24) is 0 Å². The van der Waals surface area contributed by atoms with E-state index in [9.17, 15) is 9.59 Å². The number of ketones is 1. The molecule has 0 aliphatic carbocycles. The molecule has 0 N–H and O–H groups in total. The molecule has 5 atom stereocenters. The minimum Gasteiger partial charge on any atom is -0.462 e. The lowest BCUT2D eigenvalue weighted by Gasteiger charge is -2.45. The van der Waals surface area contributed by atoms with Crippen LogP contribution < -0.4 is 0 Å². The summed E-state index contributed by atoms with van der Waals surface area (Å²) < 4.78 is 40.4. The minimum absolute atomic E-state index is 0.0553. The van der Waals surface area contributed by atoms with Crippen LogP contribution in [0.4, 0.5) is 0 Å². The molecular formula is C47H74O8Si2. The number of hydrogen-bond donors (Lipinski definition) is 0. The Kier molecular flexibility index (Phi) is 17.6. The molecule has 0 unspecified atom stereocenters. The Labute approximate surface area is 347 Å². The highest BCUT2D eigenvalue weighted by atomic mass is 28.4. The van der Waals surface area contributed by atoms with Gasteiger partial charge in [0.1, 0.15) is 18.3 Å². The standard InChI is InChI=1S/C47H74O8Si2/c1-15-47(16-2)51-34-41(54-47)42(50-33-38-26-21-18-22-27-38)46(55-56(10,11)12,35-52-57(13,14)45(7,8)9)31-30-39(48)28-23-29-40(53-43(49)44(4,5)6)36(3)32-37-24-19-17-20-25-37/h17-22,24-27,36,40-42H,15-16,23,28-29,32-35H2,1-14H3/t36-,40-,41-,42-,46+/m1/s1. The van der Waals surface area contributed by atoms with Gasteiger partial charge in [-0.3, -0.25) is 9.59 Å². The highest BCUT2D eigenvalue weighted by Crippen LogP contribution is 2.41. The molecule has 0 aromatic heterocycles. The molecule has 0 saturated carbocycles. The van der Waals surface area contributed by atoms with Crippen molar-refractivity contribution in [3.63, 3.8) is 0 Å². The molecule has 1 saturated heterocycles. The van der Waals surface area contributed by atoms with Crippen molar-refractivity contribution in [2.75, 3.05) is 13.2 Å². The van der Waals surface area contributed by atoms with Crippen molar-refractivity contribution in [2.24, 2.45) is 11.3 Å². The molecule has 0 radical (unpaired) electrons. The van der Waals surface area contributed by atoms with Gasteiger partial charge in [-0.15, -0.1) is 0 Å². The van der Waals surface area contributed by atoms with Gasteiger partial charge in [0.2, 0.25) is 5.78 Å². The van der Waals surface area contributed by atoms with E-state index in [-0.39, 0.29) is 41.8 Å². The molecule has 0 amide bonds. The van der Waals surface area contributed by atoms with Crippen molar-refractivity contribution >= 4 is 28.4 Å². The molecule has 1 aliphatic rings. The lowest BCUT2D eigenvalue weighted by Crippen LogP contribution is -2.60. The van der Waals surface area contributed by atoms with Gasteiger partial charge in [-0.25, -0.2) is 0 Å². The van der Waals surface area contributed by atoms with E-state index in [1.807, 2.05) is 69.3 Å². The van der Waals surface area contributed by atoms with Gasteiger partial charge in [-0.05, 0) is 114 Å². The molecule has 0 spiro atoms. The van der Waals surface area contributed by atoms with Gasteiger partial charge in [-0.2, -0.15) is 0 Å². The van der Waals surface area contributed by atoms with E-state index in [4.69, 9.17) is 27.8 Å². The van der Waals surface area contributed by atoms with E-state index in [1.54, 1.807) is 0 Å². The minimum atomic E-state index is -2.40. The maximum Gasteiger partial charge on any atom is 0.311 e. The van der Waals surface area contributed by atoms with Gasteiger partial charge >= 0.3 is 5.97 Å². The Bertz CT molecular complexity index is 1610. The third kappa shape index (κ3) is 14.9. The number of esters is 1. The molecule has 8 nitrogen and oxygen atoms in total. The molecule has 0 bridgehead atoms. The lowest BCUT2D eigenvalue weighted by atomic mass is 9.91. The summed E-state index contributed by atoms with van der Waals surface area (Å²) in [5.74, 6) is 5.28. The molecule has 318 valence electrons. The van der Waals surface area contributed by atoms with Gasteiger partial charge in [0.25, 0.3) is 0 Å². The first-order chi connectivity index (χ1) is 26.4. The van der Waals surface area contributed by atoms with Crippen LogP contribution in [0.15, 0.2) is 60.7 Å². The second-order valence-electron chi connectivity index (χ2n) is 19.4. The van der Waals surface area contributed by atoms with E-state index in [0.29, 0.717) is 38.9 Å². The Morgan fingerprint density at radius 2 is 1.47 bits per heavy atom. The second kappa shape index (κ2) is 20.6. The van der Waals surface area contributed by atoms with Crippen LogP contribution in [0.2, 0.25) is 37.8 Å². The topological polar surface area (TPSA) is 89.5 Å². The van der Waals surface area contributed by atoms with E-state index >= 15 is 0 Å². The van der Waals surface area contributed by atoms with Crippen molar-refractivity contribution in [3.05, 3.63) is 71.8 Å². The smallest absolute Gasteiger partial charge is 0.311 e. The maximum atomic E-state index is 13.9. The number of carbonyl (C=O) groups is 2. The van der Waals surface area contributed by atoms with E-state index < -0.39 is 45.6 Å². The highest BCUT2D eigenvalue weighted by Gasteiger charge is 2.54. The monoisotopic (exact) mass is 822 g/mol. The second-order valence-corrected chi connectivity index (χ2v) is 28.6. The number of Topliss-reactive ketones (excluding diaryl/α,β-unsaturated/α-hetero) is 1. The maximum absolute atomic E-state index is 13.9. The van der Waals surface area contributed by atoms with Crippen LogP contribution in [0.5, 0.6) is 0 Å². The Morgan fingerprint density at radius 3 is 1.98 bits per heavy atom. The van der Waals surface area contributed by atoms with Gasteiger partial charge < -0.3 is 27.8 Å². The number of rotatable bonds is 20. The number of hydrogen-bond acceptors (Lipinski definition) is 8. The zero-order chi connectivity index (χ0) is 42.7. The van der Waals surface area contributed by atoms with Crippen molar-refractivity contribution < 1.29 is 37.4 Å². The van der Waals surface area contributed by atoms with Gasteiger partial charge in [-0.1, -0.05) is 108 Å². The van der Waals surface area contributed by atoms with Crippen molar-refractivity contribution in [1.29, 1.82) is 0 Å². The van der Waals surface area contributed by atoms with Crippen LogP contribution in [0, 0.1) is 23.2 Å². The Balaban J connectivity index is 2.03. The predicted octanol–water partition coefficient (Wildman–Crippen LogP) is 10.7. The average molecular weight is 823 g/mol. The summed E-state index contributed by atoms with van der Waals surface area (Å²) in [5, 5.41) is -0.0846. The first kappa shape index (κ1) is 48.7. The van der Waals surface area contributed by atoms with Crippen LogP contribution in [0.3, 0.4) is 0 Å². The fourth-order valence-corrected chi connectivity index (χ4v) is 8.92. The largest absolute Gasteiger partial charge is 0.462 e. The quantitative estimate of drug-likeness (QED) is 0.0565. The van der Waals surface area contributed by atoms with E-state index in [1.165, 1.54) is 5.56 Å². The normalized spacial score (nSPS) is 18.8. The zero-order valence-corrected chi connectivity index (χ0v) is 39.7. The van der Waals surface area contributed by atoms with Gasteiger partial charge in [0.15, 0.2) is 28.0 Å². The zero-order valence-electron chi connectivity index (χ0n) is 37.7. The van der Waals surface area contributed by atoms with Crippen LogP contribution in [-0.4, -0.2) is 71.3 Å². The Hall–Kier alpha value is -2.63. The summed E-state index contributed by atoms with van der Waals surface area (Å²) in [7, 11) is -4.75. The predicted molar refractivity (Wildman–Crippen MR) is 235 cm³/mol. The molecule has 2 aromatic carbocycles. The number of ether oxygens (including phenoxy) is 4.